The predicted molar refractivity (Wildman–Crippen MR) is 148 cm³/mol. The molecule has 0 bridgehead atoms. The molecule has 39 heavy (non-hydrogen) atoms. The number of carbonyl (C=O) groups excluding carboxylic acids is 1. The smallest absolute Gasteiger partial charge is 0.343 e. The molecule has 1 aromatic heterocycles. The maximum Gasteiger partial charge on any atom is 0.343 e. The van der Waals surface area contributed by atoms with Crippen LogP contribution in [0.5, 0.6) is 11.5 Å². The molecule has 9 heteroatoms. The summed E-state index contributed by atoms with van der Waals surface area (Å²) in [7, 11) is 1.60. The average molecular weight is 520 g/mol. The van der Waals surface area contributed by atoms with Gasteiger partial charge in [-0.1, -0.05) is 77.9 Å². The molecule has 5 rings (SSSR count). The lowest BCUT2D eigenvalue weighted by Crippen LogP contribution is -2.26. The van der Waals surface area contributed by atoms with E-state index in [1.165, 1.54) is 0 Å². The largest absolute Gasteiger partial charge is 0.497 e. The standard InChI is InChI=1S/C30H25N5O4/c1-37-24-18-16-23(17-19-24)27(22-12-6-3-7-13-22)32-34-29(36)31-30-35-33-28(39-30)25-14-8-9-15-26(25)38-20-21-10-4-2-5-11-21/h2-19H,20H2,1H3,(H2,31,34,35,36)/b32-27+. The van der Waals surface area contributed by atoms with Crippen LogP contribution in [0.1, 0.15) is 16.7 Å². The van der Waals surface area contributed by atoms with E-state index in [2.05, 4.69) is 26.0 Å². The summed E-state index contributed by atoms with van der Waals surface area (Å²) in [6.45, 7) is 0.384. The SMILES string of the molecule is COc1ccc(/C(=N/NC(=O)Nc2nnc(-c3ccccc3OCc3ccccc3)o2)c2ccccc2)cc1. The molecule has 1 heterocycles. The van der Waals surface area contributed by atoms with Crippen LogP contribution in [0.4, 0.5) is 10.8 Å². The fourth-order valence-corrected chi connectivity index (χ4v) is 3.76. The van der Waals surface area contributed by atoms with Crippen LogP contribution < -0.4 is 20.2 Å². The van der Waals surface area contributed by atoms with Crippen molar-refractivity contribution in [2.75, 3.05) is 12.4 Å². The molecule has 0 aliphatic carbocycles. The van der Waals surface area contributed by atoms with Crippen molar-refractivity contribution in [3.05, 3.63) is 126 Å². The Morgan fingerprint density at radius 3 is 2.23 bits per heavy atom. The highest BCUT2D eigenvalue weighted by atomic mass is 16.5. The molecule has 0 atom stereocenters. The number of hydrogen-bond acceptors (Lipinski definition) is 7. The van der Waals surface area contributed by atoms with Crippen LogP contribution in [0.25, 0.3) is 11.5 Å². The number of benzene rings is 4. The van der Waals surface area contributed by atoms with Gasteiger partial charge in [0.1, 0.15) is 18.1 Å². The van der Waals surface area contributed by atoms with Gasteiger partial charge in [-0.3, -0.25) is 5.32 Å². The van der Waals surface area contributed by atoms with Crippen molar-refractivity contribution < 1.29 is 18.7 Å². The molecule has 5 aromatic rings. The number of urea groups is 1. The van der Waals surface area contributed by atoms with Crippen LogP contribution in [0, 0.1) is 0 Å². The van der Waals surface area contributed by atoms with E-state index >= 15 is 0 Å². The summed E-state index contributed by atoms with van der Waals surface area (Å²) in [4.78, 5) is 12.7. The average Bonchev–Trinajstić information content (AvgIpc) is 3.46. The van der Waals surface area contributed by atoms with Gasteiger partial charge in [-0.15, -0.1) is 5.10 Å². The van der Waals surface area contributed by atoms with Gasteiger partial charge >= 0.3 is 12.0 Å². The lowest BCUT2D eigenvalue weighted by atomic mass is 10.0. The maximum absolute atomic E-state index is 12.7. The van der Waals surface area contributed by atoms with Gasteiger partial charge in [0.2, 0.25) is 0 Å². The highest BCUT2D eigenvalue weighted by Gasteiger charge is 2.16. The fourth-order valence-electron chi connectivity index (χ4n) is 3.76. The zero-order valence-corrected chi connectivity index (χ0v) is 21.1. The zero-order chi connectivity index (χ0) is 26.9. The van der Waals surface area contributed by atoms with Crippen LogP contribution >= 0.6 is 0 Å². The lowest BCUT2D eigenvalue weighted by Gasteiger charge is -2.09. The number of ether oxygens (including phenoxy) is 2. The second kappa shape index (κ2) is 12.2. The van der Waals surface area contributed by atoms with E-state index in [0.717, 1.165) is 22.4 Å². The summed E-state index contributed by atoms with van der Waals surface area (Å²) < 4.78 is 16.9. The third kappa shape index (κ3) is 6.47. The van der Waals surface area contributed by atoms with E-state index in [0.29, 0.717) is 23.6 Å². The minimum atomic E-state index is -0.638. The van der Waals surface area contributed by atoms with Crippen molar-refractivity contribution in [1.29, 1.82) is 0 Å². The molecule has 0 aliphatic rings. The molecule has 0 spiro atoms. The van der Waals surface area contributed by atoms with Crippen molar-refractivity contribution in [2.24, 2.45) is 5.10 Å². The number of nitrogens with zero attached hydrogens (tertiary/aromatic N) is 3. The Bertz CT molecular complexity index is 1550. The van der Waals surface area contributed by atoms with Crippen LogP contribution in [0.2, 0.25) is 0 Å². The first kappa shape index (κ1) is 25.2. The van der Waals surface area contributed by atoms with Gasteiger partial charge in [-0.05, 0) is 42.0 Å². The molecule has 0 saturated carbocycles. The van der Waals surface area contributed by atoms with Crippen molar-refractivity contribution >= 4 is 17.8 Å². The van der Waals surface area contributed by atoms with Gasteiger partial charge in [0.25, 0.3) is 5.89 Å². The molecule has 0 saturated heterocycles. The number of methoxy groups -OCH3 is 1. The van der Waals surface area contributed by atoms with E-state index < -0.39 is 6.03 Å². The topological polar surface area (TPSA) is 111 Å². The molecule has 4 aromatic carbocycles. The minimum absolute atomic E-state index is 0.0822. The molecule has 194 valence electrons. The van der Waals surface area contributed by atoms with E-state index in [-0.39, 0.29) is 11.9 Å². The van der Waals surface area contributed by atoms with E-state index in [1.54, 1.807) is 7.11 Å². The molecule has 2 amide bonds. The number of hydrazone groups is 1. The fraction of sp³-hybridized carbons (Fsp3) is 0.0667. The molecule has 0 fully saturated rings. The van der Waals surface area contributed by atoms with E-state index in [9.17, 15) is 4.79 Å². The predicted octanol–water partition coefficient (Wildman–Crippen LogP) is 5.90. The third-order valence-corrected chi connectivity index (χ3v) is 5.68. The number of amides is 2. The zero-order valence-electron chi connectivity index (χ0n) is 21.1. The number of hydrogen-bond donors (Lipinski definition) is 2. The minimum Gasteiger partial charge on any atom is -0.497 e. The maximum atomic E-state index is 12.7. The molecule has 0 radical (unpaired) electrons. The highest BCUT2D eigenvalue weighted by molar-refractivity contribution is 6.13. The summed E-state index contributed by atoms with van der Waals surface area (Å²) >= 11 is 0. The summed E-state index contributed by atoms with van der Waals surface area (Å²) in [6, 6.07) is 33.3. The van der Waals surface area contributed by atoms with Crippen LogP contribution in [-0.4, -0.2) is 29.0 Å². The molecule has 0 aliphatic heterocycles. The quantitative estimate of drug-likeness (QED) is 0.185. The van der Waals surface area contributed by atoms with Gasteiger partial charge in [0.05, 0.1) is 18.4 Å². The van der Waals surface area contributed by atoms with Crippen molar-refractivity contribution in [2.45, 2.75) is 6.61 Å². The van der Waals surface area contributed by atoms with Crippen LogP contribution in [0.3, 0.4) is 0 Å². The Morgan fingerprint density at radius 1 is 0.821 bits per heavy atom. The first-order chi connectivity index (χ1) is 19.2. The molecule has 9 nitrogen and oxygen atoms in total. The number of para-hydroxylation sites is 1. The summed E-state index contributed by atoms with van der Waals surface area (Å²) in [5, 5.41) is 14.9. The Kier molecular flexibility index (Phi) is 7.89. The Labute approximate surface area is 225 Å². The summed E-state index contributed by atoms with van der Waals surface area (Å²) in [6.07, 6.45) is 0. The van der Waals surface area contributed by atoms with Gasteiger partial charge in [-0.25, -0.2) is 10.2 Å². The van der Waals surface area contributed by atoms with E-state index in [4.69, 9.17) is 13.9 Å². The summed E-state index contributed by atoms with van der Waals surface area (Å²) in [5.41, 5.74) is 6.35. The van der Waals surface area contributed by atoms with Crippen molar-refractivity contribution in [3.63, 3.8) is 0 Å². The second-order valence-corrected chi connectivity index (χ2v) is 8.30. The molecular formula is C30H25N5O4. The number of carbonyl (C=O) groups is 1. The molecular weight excluding hydrogens is 494 g/mol. The normalized spacial score (nSPS) is 11.1. The summed E-state index contributed by atoms with van der Waals surface area (Å²) in [5.74, 6) is 1.51. The number of nitrogens with one attached hydrogen (secondary N) is 2. The van der Waals surface area contributed by atoms with Crippen molar-refractivity contribution in [3.8, 4) is 23.0 Å². The van der Waals surface area contributed by atoms with E-state index in [1.807, 2.05) is 109 Å². The number of aromatic nitrogens is 2. The highest BCUT2D eigenvalue weighted by Crippen LogP contribution is 2.30. The molecule has 0 unspecified atom stereocenters. The second-order valence-electron chi connectivity index (χ2n) is 8.30. The monoisotopic (exact) mass is 519 g/mol. The van der Waals surface area contributed by atoms with Crippen LogP contribution in [-0.2, 0) is 6.61 Å². The number of anilines is 1. The molecule has 2 N–H and O–H groups in total. The lowest BCUT2D eigenvalue weighted by molar-refractivity contribution is 0.252. The Morgan fingerprint density at radius 2 is 1.49 bits per heavy atom. The first-order valence-corrected chi connectivity index (χ1v) is 12.1. The van der Waals surface area contributed by atoms with Gasteiger partial charge in [0.15, 0.2) is 0 Å². The first-order valence-electron chi connectivity index (χ1n) is 12.1. The Hall–Kier alpha value is -5.44. The van der Waals surface area contributed by atoms with Gasteiger partial charge in [-0.2, -0.15) is 5.10 Å². The van der Waals surface area contributed by atoms with Crippen LogP contribution in [0.15, 0.2) is 119 Å². The van der Waals surface area contributed by atoms with Gasteiger partial charge in [0, 0.05) is 11.1 Å². The third-order valence-electron chi connectivity index (χ3n) is 5.68. The van der Waals surface area contributed by atoms with Gasteiger partial charge < -0.3 is 13.9 Å². The number of rotatable bonds is 9. The van der Waals surface area contributed by atoms with Crippen molar-refractivity contribution in [1.82, 2.24) is 15.6 Å². The Balaban J connectivity index is 1.28.